The van der Waals surface area contributed by atoms with E-state index >= 15 is 0 Å². The first-order valence-corrected chi connectivity index (χ1v) is 11.3. The molecule has 5 rings (SSSR count). The first-order chi connectivity index (χ1) is 16.4. The number of nitrogens with one attached hydrogen (secondary N) is 1. The summed E-state index contributed by atoms with van der Waals surface area (Å²) in [5, 5.41) is 13.3. The molecule has 0 radical (unpaired) electrons. The molecule has 1 aliphatic carbocycles. The molecule has 1 aromatic heterocycles. The van der Waals surface area contributed by atoms with Gasteiger partial charge in [-0.2, -0.15) is 4.98 Å². The van der Waals surface area contributed by atoms with Crippen LogP contribution in [0.5, 0.6) is 5.75 Å². The number of rotatable bonds is 5. The van der Waals surface area contributed by atoms with Gasteiger partial charge in [-0.1, -0.05) is 0 Å². The standard InChI is InChI=1S/C25H26FN5O3/c1-15-22-14-27-24(28-17-5-3-16(26)4-6-17)29-23(22)31(19-7-10-20(32)13-19)25(33)30(15)18-8-11-21(34-2)12-9-18/h3-6,8-9,11-12,14-15,19-20,32H,7,10,13H2,1-2H3,(H,27,28,29)/t15-,19-,20-/m0/s1. The number of hydrogen-bond donors (Lipinski definition) is 2. The van der Waals surface area contributed by atoms with Crippen LogP contribution in [0.4, 0.5) is 32.3 Å². The van der Waals surface area contributed by atoms with Gasteiger partial charge >= 0.3 is 6.03 Å². The summed E-state index contributed by atoms with van der Waals surface area (Å²) >= 11 is 0. The van der Waals surface area contributed by atoms with E-state index in [9.17, 15) is 14.3 Å². The fraction of sp³-hybridized carbons (Fsp3) is 0.320. The van der Waals surface area contributed by atoms with Crippen LogP contribution in [0.25, 0.3) is 0 Å². The second-order valence-corrected chi connectivity index (χ2v) is 8.62. The number of anilines is 4. The maximum atomic E-state index is 13.9. The molecule has 2 N–H and O–H groups in total. The van der Waals surface area contributed by atoms with Crippen molar-refractivity contribution in [1.29, 1.82) is 0 Å². The van der Waals surface area contributed by atoms with E-state index in [4.69, 9.17) is 9.72 Å². The van der Waals surface area contributed by atoms with Crippen LogP contribution in [-0.2, 0) is 0 Å². The average Bonchev–Trinajstić information content (AvgIpc) is 3.26. The van der Waals surface area contributed by atoms with Crippen molar-refractivity contribution < 1.29 is 19.0 Å². The molecule has 0 unspecified atom stereocenters. The van der Waals surface area contributed by atoms with Crippen molar-refractivity contribution in [2.45, 2.75) is 44.4 Å². The predicted molar refractivity (Wildman–Crippen MR) is 127 cm³/mol. The summed E-state index contributed by atoms with van der Waals surface area (Å²) < 4.78 is 18.5. The minimum atomic E-state index is -0.450. The maximum Gasteiger partial charge on any atom is 0.330 e. The Labute approximate surface area is 197 Å². The van der Waals surface area contributed by atoms with Gasteiger partial charge in [0.2, 0.25) is 5.95 Å². The molecule has 34 heavy (non-hydrogen) atoms. The Kier molecular flexibility index (Phi) is 5.79. The predicted octanol–water partition coefficient (Wildman–Crippen LogP) is 4.79. The average molecular weight is 464 g/mol. The van der Waals surface area contributed by atoms with Crippen molar-refractivity contribution >= 4 is 29.2 Å². The summed E-state index contributed by atoms with van der Waals surface area (Å²) in [7, 11) is 1.60. The number of fused-ring (bicyclic) bond motifs is 1. The molecule has 176 valence electrons. The number of nitrogens with zero attached hydrogens (tertiary/aromatic N) is 4. The van der Waals surface area contributed by atoms with E-state index in [1.807, 2.05) is 31.2 Å². The molecule has 0 bridgehead atoms. The van der Waals surface area contributed by atoms with Crippen molar-refractivity contribution in [2.24, 2.45) is 0 Å². The molecular formula is C25H26FN5O3. The molecule has 3 aromatic rings. The van der Waals surface area contributed by atoms with Gasteiger partial charge in [0.05, 0.1) is 19.3 Å². The van der Waals surface area contributed by atoms with E-state index in [-0.39, 0.29) is 23.9 Å². The fourth-order valence-electron chi connectivity index (χ4n) is 4.68. The van der Waals surface area contributed by atoms with Gasteiger partial charge in [-0.25, -0.2) is 14.2 Å². The smallest absolute Gasteiger partial charge is 0.330 e. The lowest BCUT2D eigenvalue weighted by Gasteiger charge is -2.42. The van der Waals surface area contributed by atoms with Gasteiger partial charge in [-0.05, 0) is 74.7 Å². The number of aliphatic hydroxyl groups is 1. The van der Waals surface area contributed by atoms with Gasteiger partial charge in [0.25, 0.3) is 0 Å². The van der Waals surface area contributed by atoms with Crippen LogP contribution in [0.2, 0.25) is 0 Å². The molecule has 2 heterocycles. The van der Waals surface area contributed by atoms with Crippen LogP contribution in [0.15, 0.2) is 54.7 Å². The second-order valence-electron chi connectivity index (χ2n) is 8.62. The maximum absolute atomic E-state index is 13.9. The van der Waals surface area contributed by atoms with Gasteiger partial charge in [-0.15, -0.1) is 0 Å². The zero-order valence-corrected chi connectivity index (χ0v) is 19.0. The quantitative estimate of drug-likeness (QED) is 0.566. The molecule has 8 nitrogen and oxygen atoms in total. The van der Waals surface area contributed by atoms with E-state index < -0.39 is 6.10 Å². The SMILES string of the molecule is COc1ccc(N2C(=O)N([C@H]3CC[C@H](O)C3)c3nc(Nc4ccc(F)cc4)ncc3[C@@H]2C)cc1. The van der Waals surface area contributed by atoms with Gasteiger partial charge in [-0.3, -0.25) is 9.80 Å². The summed E-state index contributed by atoms with van der Waals surface area (Å²) in [6, 6.07) is 12.6. The molecule has 3 atom stereocenters. The minimum absolute atomic E-state index is 0.178. The Hall–Kier alpha value is -3.72. The Morgan fingerprint density at radius 3 is 2.47 bits per heavy atom. The Morgan fingerprint density at radius 1 is 1.09 bits per heavy atom. The Morgan fingerprint density at radius 2 is 1.82 bits per heavy atom. The highest BCUT2D eigenvalue weighted by Crippen LogP contribution is 2.42. The topological polar surface area (TPSA) is 90.8 Å². The Balaban J connectivity index is 1.54. The lowest BCUT2D eigenvalue weighted by Crippen LogP contribution is -2.53. The van der Waals surface area contributed by atoms with Crippen molar-refractivity contribution in [1.82, 2.24) is 9.97 Å². The van der Waals surface area contributed by atoms with E-state index in [1.165, 1.54) is 12.1 Å². The number of carbonyl (C=O) groups is 1. The third-order valence-electron chi connectivity index (χ3n) is 6.47. The highest BCUT2D eigenvalue weighted by Gasteiger charge is 2.43. The van der Waals surface area contributed by atoms with Gasteiger partial charge in [0.1, 0.15) is 17.4 Å². The van der Waals surface area contributed by atoms with Crippen molar-refractivity contribution in [3.63, 3.8) is 0 Å². The molecule has 2 amide bonds. The molecule has 1 saturated carbocycles. The lowest BCUT2D eigenvalue weighted by molar-refractivity contribution is 0.181. The molecule has 2 aromatic carbocycles. The summed E-state index contributed by atoms with van der Waals surface area (Å²) in [6.45, 7) is 1.94. The largest absolute Gasteiger partial charge is 0.497 e. The first kappa shape index (κ1) is 22.1. The van der Waals surface area contributed by atoms with E-state index in [0.717, 1.165) is 11.3 Å². The number of urea groups is 1. The van der Waals surface area contributed by atoms with Crippen LogP contribution in [-0.4, -0.2) is 40.4 Å². The van der Waals surface area contributed by atoms with E-state index in [2.05, 4.69) is 10.3 Å². The van der Waals surface area contributed by atoms with Crippen LogP contribution >= 0.6 is 0 Å². The number of halogens is 1. The highest BCUT2D eigenvalue weighted by molar-refractivity contribution is 6.06. The zero-order valence-electron chi connectivity index (χ0n) is 19.0. The second kappa shape index (κ2) is 8.90. The normalized spacial score (nSPS) is 22.0. The number of aliphatic hydroxyl groups excluding tert-OH is 1. The number of ether oxygens (including phenoxy) is 1. The van der Waals surface area contributed by atoms with Gasteiger partial charge < -0.3 is 15.2 Å². The monoisotopic (exact) mass is 463 g/mol. The summed E-state index contributed by atoms with van der Waals surface area (Å²) in [6.07, 6.45) is 3.07. The number of amides is 2. The van der Waals surface area contributed by atoms with Crippen LogP contribution in [0.1, 0.15) is 37.8 Å². The van der Waals surface area contributed by atoms with E-state index in [1.54, 1.807) is 35.2 Å². The van der Waals surface area contributed by atoms with Crippen LogP contribution in [0, 0.1) is 5.82 Å². The van der Waals surface area contributed by atoms with Gasteiger partial charge in [0.15, 0.2) is 0 Å². The Bertz CT molecular complexity index is 1190. The van der Waals surface area contributed by atoms with Gasteiger partial charge in [0, 0.05) is 29.2 Å². The minimum Gasteiger partial charge on any atom is -0.497 e. The summed E-state index contributed by atoms with van der Waals surface area (Å²) in [5.41, 5.74) is 2.18. The van der Waals surface area contributed by atoms with Crippen LogP contribution < -0.4 is 19.9 Å². The number of benzene rings is 2. The summed E-state index contributed by atoms with van der Waals surface area (Å²) in [4.78, 5) is 26.4. The molecular weight excluding hydrogens is 437 g/mol. The third kappa shape index (κ3) is 4.03. The first-order valence-electron chi connectivity index (χ1n) is 11.3. The molecule has 1 aliphatic heterocycles. The molecule has 1 fully saturated rings. The van der Waals surface area contributed by atoms with Crippen molar-refractivity contribution in [3.8, 4) is 5.75 Å². The van der Waals surface area contributed by atoms with E-state index in [0.29, 0.717) is 42.5 Å². The van der Waals surface area contributed by atoms with Crippen molar-refractivity contribution in [2.75, 3.05) is 22.2 Å². The molecule has 2 aliphatic rings. The van der Waals surface area contributed by atoms with Crippen LogP contribution in [0.3, 0.4) is 0 Å². The number of hydrogen-bond acceptors (Lipinski definition) is 6. The third-order valence-corrected chi connectivity index (χ3v) is 6.47. The summed E-state index contributed by atoms with van der Waals surface area (Å²) in [5.74, 6) is 1.21. The lowest BCUT2D eigenvalue weighted by atomic mass is 10.0. The molecule has 0 saturated heterocycles. The number of aromatic nitrogens is 2. The molecule has 9 heteroatoms. The fourth-order valence-corrected chi connectivity index (χ4v) is 4.68. The molecule has 0 spiro atoms. The van der Waals surface area contributed by atoms with Crippen molar-refractivity contribution in [3.05, 3.63) is 66.1 Å². The zero-order chi connectivity index (χ0) is 23.8. The highest BCUT2D eigenvalue weighted by atomic mass is 19.1. The number of carbonyl (C=O) groups excluding carboxylic acids is 1. The number of methoxy groups -OCH3 is 1.